The average molecular weight is 369 g/mol. The molecule has 2 fully saturated rings. The molecule has 9 heteroatoms. The van der Waals surface area contributed by atoms with Crippen molar-refractivity contribution in [1.29, 1.82) is 0 Å². The predicted octanol–water partition coefficient (Wildman–Crippen LogP) is -0.110. The molecular formula is C16H27N5O3S. The van der Waals surface area contributed by atoms with Gasteiger partial charge in [0.25, 0.3) is 0 Å². The summed E-state index contributed by atoms with van der Waals surface area (Å²) in [5.74, 6) is 0.459. The van der Waals surface area contributed by atoms with Crippen molar-refractivity contribution in [3.05, 3.63) is 18.0 Å². The Balaban J connectivity index is 1.54. The summed E-state index contributed by atoms with van der Waals surface area (Å²) in [7, 11) is -3.19. The number of likely N-dealkylation sites (tertiary alicyclic amines) is 1. The van der Waals surface area contributed by atoms with Crippen LogP contribution in [0, 0.1) is 0 Å². The van der Waals surface area contributed by atoms with Crippen molar-refractivity contribution in [2.24, 2.45) is 0 Å². The molecule has 3 heterocycles. The maximum atomic E-state index is 12.6. The number of hydrogen-bond acceptors (Lipinski definition) is 5. The topological polar surface area (TPSA) is 96.3 Å². The van der Waals surface area contributed by atoms with E-state index < -0.39 is 10.0 Å². The summed E-state index contributed by atoms with van der Waals surface area (Å²) in [6.07, 6.45) is 6.50. The van der Waals surface area contributed by atoms with Crippen LogP contribution in [0.25, 0.3) is 0 Å². The predicted molar refractivity (Wildman–Crippen MR) is 94.7 cm³/mol. The van der Waals surface area contributed by atoms with Gasteiger partial charge < -0.3 is 10.2 Å². The van der Waals surface area contributed by atoms with Crippen molar-refractivity contribution < 1.29 is 13.2 Å². The first-order valence-corrected chi connectivity index (χ1v) is 10.8. The monoisotopic (exact) mass is 369 g/mol. The van der Waals surface area contributed by atoms with Crippen LogP contribution in [-0.4, -0.2) is 67.5 Å². The summed E-state index contributed by atoms with van der Waals surface area (Å²) < 4.78 is 27.1. The molecule has 0 bridgehead atoms. The average Bonchev–Trinajstić information content (AvgIpc) is 3.03. The minimum atomic E-state index is -3.19. The summed E-state index contributed by atoms with van der Waals surface area (Å²) in [5.41, 5.74) is 1.12. The second-order valence-electron chi connectivity index (χ2n) is 7.00. The molecule has 8 nitrogen and oxygen atoms in total. The van der Waals surface area contributed by atoms with E-state index >= 15 is 0 Å². The van der Waals surface area contributed by atoms with Crippen molar-refractivity contribution in [3.8, 4) is 0 Å². The zero-order chi connectivity index (χ0) is 17.9. The van der Waals surface area contributed by atoms with E-state index in [1.54, 1.807) is 6.20 Å². The molecule has 1 amide bonds. The number of aromatic nitrogens is 2. The van der Waals surface area contributed by atoms with Crippen molar-refractivity contribution >= 4 is 15.9 Å². The third-order valence-corrected chi connectivity index (χ3v) is 5.74. The number of amides is 1. The molecule has 0 radical (unpaired) electrons. The van der Waals surface area contributed by atoms with Gasteiger partial charge in [-0.25, -0.2) is 13.1 Å². The number of sulfonamides is 1. The molecule has 140 valence electrons. The van der Waals surface area contributed by atoms with Gasteiger partial charge in [-0.1, -0.05) is 0 Å². The Hall–Kier alpha value is -1.45. The second-order valence-corrected chi connectivity index (χ2v) is 8.78. The lowest BCUT2D eigenvalue weighted by Crippen LogP contribution is -2.47. The first-order chi connectivity index (χ1) is 11.9. The van der Waals surface area contributed by atoms with E-state index in [2.05, 4.69) is 15.1 Å². The molecule has 0 unspecified atom stereocenters. The Morgan fingerprint density at radius 3 is 2.76 bits per heavy atom. The van der Waals surface area contributed by atoms with E-state index in [1.807, 2.05) is 15.6 Å². The standard InChI is InChI=1S/C16H27N5O3S/c1-25(23,24)19-14-5-9-20(10-6-14)16(22)12-21-15(4-8-18-21)13-3-2-7-17-11-13/h4,8,13-14,17,19H,2-3,5-7,9-12H2,1H3/t13-/m1/s1. The minimum Gasteiger partial charge on any atom is -0.341 e. The first kappa shape index (κ1) is 18.3. The summed E-state index contributed by atoms with van der Waals surface area (Å²) in [5, 5.41) is 7.74. The van der Waals surface area contributed by atoms with Gasteiger partial charge >= 0.3 is 0 Å². The van der Waals surface area contributed by atoms with Gasteiger partial charge in [0.1, 0.15) is 6.54 Å². The highest BCUT2D eigenvalue weighted by molar-refractivity contribution is 7.88. The zero-order valence-electron chi connectivity index (χ0n) is 14.6. The second kappa shape index (κ2) is 7.84. The van der Waals surface area contributed by atoms with Gasteiger partial charge in [-0.3, -0.25) is 9.48 Å². The Morgan fingerprint density at radius 2 is 2.12 bits per heavy atom. The van der Waals surface area contributed by atoms with Crippen LogP contribution in [0.1, 0.15) is 37.3 Å². The van der Waals surface area contributed by atoms with Crippen LogP contribution in [0.5, 0.6) is 0 Å². The Morgan fingerprint density at radius 1 is 1.36 bits per heavy atom. The van der Waals surface area contributed by atoms with Crippen LogP contribution in [0.15, 0.2) is 12.3 Å². The quantitative estimate of drug-likeness (QED) is 0.755. The molecule has 1 aromatic rings. The van der Waals surface area contributed by atoms with Crippen molar-refractivity contribution in [3.63, 3.8) is 0 Å². The Kier molecular flexibility index (Phi) is 5.75. The molecule has 3 rings (SSSR count). The molecule has 1 atom stereocenters. The molecule has 2 N–H and O–H groups in total. The largest absolute Gasteiger partial charge is 0.341 e. The lowest BCUT2D eigenvalue weighted by Gasteiger charge is -2.32. The Bertz CT molecular complexity index is 688. The molecule has 0 saturated carbocycles. The van der Waals surface area contributed by atoms with Gasteiger partial charge in [-0.05, 0) is 38.3 Å². The SMILES string of the molecule is CS(=O)(=O)NC1CCN(C(=O)Cn2nccc2[C@@H]2CCCNC2)CC1. The highest BCUT2D eigenvalue weighted by Crippen LogP contribution is 2.23. The van der Waals surface area contributed by atoms with Crippen molar-refractivity contribution in [2.75, 3.05) is 32.4 Å². The van der Waals surface area contributed by atoms with Gasteiger partial charge in [-0.15, -0.1) is 0 Å². The smallest absolute Gasteiger partial charge is 0.244 e. The van der Waals surface area contributed by atoms with Crippen LogP contribution in [0.2, 0.25) is 0 Å². The number of hydrogen-bond donors (Lipinski definition) is 2. The highest BCUT2D eigenvalue weighted by atomic mass is 32.2. The maximum Gasteiger partial charge on any atom is 0.244 e. The minimum absolute atomic E-state index is 0.0477. The normalized spacial score (nSPS) is 22.9. The molecule has 2 aliphatic rings. The molecular weight excluding hydrogens is 342 g/mol. The Labute approximate surface area is 149 Å². The van der Waals surface area contributed by atoms with E-state index in [4.69, 9.17) is 0 Å². The van der Waals surface area contributed by atoms with Gasteiger partial charge in [0.05, 0.1) is 6.26 Å². The molecule has 2 aliphatic heterocycles. The van der Waals surface area contributed by atoms with E-state index in [-0.39, 0.29) is 18.5 Å². The summed E-state index contributed by atoms with van der Waals surface area (Å²) in [4.78, 5) is 14.4. The fourth-order valence-electron chi connectivity index (χ4n) is 3.70. The van der Waals surface area contributed by atoms with Gasteiger partial charge in [0, 0.05) is 43.5 Å². The lowest BCUT2D eigenvalue weighted by molar-refractivity contribution is -0.133. The third kappa shape index (κ3) is 5.02. The maximum absolute atomic E-state index is 12.6. The summed E-state index contributed by atoms with van der Waals surface area (Å²) in [6, 6.07) is 1.93. The fraction of sp³-hybridized carbons (Fsp3) is 0.750. The van der Waals surface area contributed by atoms with E-state index in [9.17, 15) is 13.2 Å². The van der Waals surface area contributed by atoms with Gasteiger partial charge in [0.2, 0.25) is 15.9 Å². The first-order valence-electron chi connectivity index (χ1n) is 8.90. The van der Waals surface area contributed by atoms with Crippen molar-refractivity contribution in [2.45, 2.75) is 44.2 Å². The van der Waals surface area contributed by atoms with Crippen LogP contribution in [-0.2, 0) is 21.4 Å². The van der Waals surface area contributed by atoms with Crippen LogP contribution < -0.4 is 10.0 Å². The third-order valence-electron chi connectivity index (χ3n) is 4.98. The van der Waals surface area contributed by atoms with Crippen LogP contribution >= 0.6 is 0 Å². The number of carbonyl (C=O) groups excluding carboxylic acids is 1. The van der Waals surface area contributed by atoms with E-state index in [1.165, 1.54) is 6.26 Å². The van der Waals surface area contributed by atoms with Gasteiger partial charge in [0.15, 0.2) is 0 Å². The highest BCUT2D eigenvalue weighted by Gasteiger charge is 2.26. The van der Waals surface area contributed by atoms with E-state index in [0.29, 0.717) is 31.8 Å². The molecule has 1 aromatic heterocycles. The summed E-state index contributed by atoms with van der Waals surface area (Å²) >= 11 is 0. The number of nitrogens with zero attached hydrogens (tertiary/aromatic N) is 3. The molecule has 25 heavy (non-hydrogen) atoms. The summed E-state index contributed by atoms with van der Waals surface area (Å²) in [6.45, 7) is 3.40. The zero-order valence-corrected chi connectivity index (χ0v) is 15.5. The number of piperidine rings is 2. The number of rotatable bonds is 5. The fourth-order valence-corrected chi connectivity index (χ4v) is 4.54. The number of nitrogens with one attached hydrogen (secondary N) is 2. The molecule has 0 spiro atoms. The van der Waals surface area contributed by atoms with Crippen molar-refractivity contribution in [1.82, 2.24) is 24.7 Å². The molecule has 0 aliphatic carbocycles. The molecule has 2 saturated heterocycles. The van der Waals surface area contributed by atoms with Gasteiger partial charge in [-0.2, -0.15) is 5.10 Å². The van der Waals surface area contributed by atoms with E-state index in [0.717, 1.165) is 31.6 Å². The van der Waals surface area contributed by atoms with Crippen LogP contribution in [0.4, 0.5) is 0 Å². The number of carbonyl (C=O) groups is 1. The molecule has 0 aromatic carbocycles. The van der Waals surface area contributed by atoms with Crippen LogP contribution in [0.3, 0.4) is 0 Å². The lowest BCUT2D eigenvalue weighted by atomic mass is 9.96.